The summed E-state index contributed by atoms with van der Waals surface area (Å²) in [5.74, 6) is -0.842. The average Bonchev–Trinajstić information content (AvgIpc) is 3.39. The minimum atomic E-state index is -1.81. The molecule has 1 N–H and O–H groups in total. The highest BCUT2D eigenvalue weighted by Gasteiger charge is 2.37. The van der Waals surface area contributed by atoms with Crippen LogP contribution in [0.2, 0.25) is 18.1 Å². The van der Waals surface area contributed by atoms with Crippen molar-refractivity contribution in [2.45, 2.75) is 51.9 Å². The van der Waals surface area contributed by atoms with Gasteiger partial charge in [-0.05, 0) is 42.8 Å². The summed E-state index contributed by atoms with van der Waals surface area (Å²) in [6.45, 7) is 12.6. The molecular weight excluding hydrogens is 434 g/mol. The lowest BCUT2D eigenvalue weighted by atomic mass is 10.00. The van der Waals surface area contributed by atoms with Crippen molar-refractivity contribution in [3.05, 3.63) is 48.0 Å². The summed E-state index contributed by atoms with van der Waals surface area (Å²) < 4.78 is 9.97. The van der Waals surface area contributed by atoms with Crippen molar-refractivity contribution in [2.24, 2.45) is 7.05 Å². The fourth-order valence-corrected chi connectivity index (χ4v) is 4.86. The first-order valence-corrected chi connectivity index (χ1v) is 14.1. The van der Waals surface area contributed by atoms with E-state index in [1.165, 1.54) is 0 Å². The molecule has 2 amide bonds. The highest BCUT2D eigenvalue weighted by Crippen LogP contribution is 2.37. The van der Waals surface area contributed by atoms with Gasteiger partial charge in [0, 0.05) is 49.7 Å². The van der Waals surface area contributed by atoms with Gasteiger partial charge in [-0.15, -0.1) is 0 Å². The largest absolute Gasteiger partial charge is 0.417 e. The zero-order valence-corrected chi connectivity index (χ0v) is 21.1. The van der Waals surface area contributed by atoms with E-state index >= 15 is 0 Å². The lowest BCUT2D eigenvalue weighted by Crippen LogP contribution is -2.41. The summed E-state index contributed by atoms with van der Waals surface area (Å²) in [5.41, 5.74) is 2.58. The molecule has 33 heavy (non-hydrogen) atoms. The molecule has 0 saturated carbocycles. The van der Waals surface area contributed by atoms with Crippen LogP contribution in [-0.2, 0) is 27.6 Å². The van der Waals surface area contributed by atoms with Crippen molar-refractivity contribution >= 4 is 42.3 Å². The predicted octanol–water partition coefficient (Wildman–Crippen LogP) is 3.75. The van der Waals surface area contributed by atoms with Gasteiger partial charge < -0.3 is 8.99 Å². The third kappa shape index (κ3) is 4.30. The van der Waals surface area contributed by atoms with E-state index in [1.807, 2.05) is 22.9 Å². The number of aromatic nitrogens is 4. The minimum Gasteiger partial charge on any atom is -0.417 e. The van der Waals surface area contributed by atoms with Crippen LogP contribution >= 0.6 is 0 Å². The molecule has 0 aliphatic carbocycles. The molecule has 0 aromatic carbocycles. The van der Waals surface area contributed by atoms with Gasteiger partial charge in [0.25, 0.3) is 11.8 Å². The maximum atomic E-state index is 12.8. The quantitative estimate of drug-likeness (QED) is 0.326. The van der Waals surface area contributed by atoms with Crippen molar-refractivity contribution in [1.29, 1.82) is 0 Å². The van der Waals surface area contributed by atoms with Crippen molar-refractivity contribution in [1.82, 2.24) is 24.6 Å². The van der Waals surface area contributed by atoms with Crippen molar-refractivity contribution < 1.29 is 14.0 Å². The first kappa shape index (κ1) is 23.1. The zero-order chi connectivity index (χ0) is 24.0. The number of aryl methyl sites for hydroxylation is 2. The van der Waals surface area contributed by atoms with Gasteiger partial charge >= 0.3 is 0 Å². The van der Waals surface area contributed by atoms with Crippen LogP contribution in [0.15, 0.2) is 36.8 Å². The van der Waals surface area contributed by atoms with Crippen molar-refractivity contribution in [2.75, 3.05) is 6.61 Å². The summed E-state index contributed by atoms with van der Waals surface area (Å²) in [4.78, 5) is 30.0. The molecule has 4 heterocycles. The number of carbonyl (C=O) groups excluding carboxylic acids is 2. The first-order valence-electron chi connectivity index (χ1n) is 11.2. The average molecular weight is 466 g/mol. The highest BCUT2D eigenvalue weighted by atomic mass is 28.4. The van der Waals surface area contributed by atoms with Gasteiger partial charge in [-0.1, -0.05) is 20.8 Å². The third-order valence-electron chi connectivity index (χ3n) is 6.62. The Kier molecular flexibility index (Phi) is 5.88. The van der Waals surface area contributed by atoms with E-state index in [0.717, 1.165) is 17.5 Å². The number of carbonyl (C=O) groups is 2. The number of pyridine rings is 1. The molecule has 3 aromatic rings. The molecule has 4 rings (SSSR count). The molecular formula is C24H31N5O3Si. The van der Waals surface area contributed by atoms with E-state index in [2.05, 4.69) is 49.3 Å². The second-order valence-corrected chi connectivity index (χ2v) is 14.8. The number of hydrogen-bond donors (Lipinski definition) is 1. The molecule has 0 unspecified atom stereocenters. The number of hydrogen-bond acceptors (Lipinski definition) is 5. The van der Waals surface area contributed by atoms with Gasteiger partial charge in [0.1, 0.15) is 5.65 Å². The van der Waals surface area contributed by atoms with E-state index in [1.54, 1.807) is 30.2 Å². The molecule has 1 aliphatic heterocycles. The van der Waals surface area contributed by atoms with Gasteiger partial charge in [0.15, 0.2) is 8.32 Å². The second kappa shape index (κ2) is 8.38. The maximum Gasteiger partial charge on any atom is 0.261 e. The van der Waals surface area contributed by atoms with Crippen LogP contribution in [0.3, 0.4) is 0 Å². The number of imide groups is 1. The molecule has 3 aromatic heterocycles. The lowest BCUT2D eigenvalue weighted by molar-refractivity contribution is -0.122. The SMILES string of the molecule is Cn1ccc(C2=C(c3cn(CCCO[Si](C)(C)C(C)(C)C)c4ncccc34)C(=O)NC2=O)n1. The van der Waals surface area contributed by atoms with E-state index in [9.17, 15) is 9.59 Å². The van der Waals surface area contributed by atoms with Crippen LogP contribution in [0.1, 0.15) is 38.4 Å². The Hall–Kier alpha value is -3.04. The van der Waals surface area contributed by atoms with Crippen LogP contribution in [0.4, 0.5) is 0 Å². The van der Waals surface area contributed by atoms with Crippen LogP contribution < -0.4 is 5.32 Å². The van der Waals surface area contributed by atoms with Crippen LogP contribution in [0.25, 0.3) is 22.2 Å². The molecule has 0 saturated heterocycles. The van der Waals surface area contributed by atoms with Gasteiger partial charge in [0.2, 0.25) is 0 Å². The molecule has 9 heteroatoms. The molecule has 8 nitrogen and oxygen atoms in total. The predicted molar refractivity (Wildman–Crippen MR) is 131 cm³/mol. The van der Waals surface area contributed by atoms with Gasteiger partial charge in [-0.3, -0.25) is 19.6 Å². The second-order valence-electron chi connectivity index (χ2n) is 9.98. The number of rotatable bonds is 7. The highest BCUT2D eigenvalue weighted by molar-refractivity contribution is 6.74. The summed E-state index contributed by atoms with van der Waals surface area (Å²) in [5, 5.41) is 7.78. The summed E-state index contributed by atoms with van der Waals surface area (Å²) in [7, 11) is -0.0280. The van der Waals surface area contributed by atoms with Crippen LogP contribution in [0, 0.1) is 0 Å². The Labute approximate surface area is 194 Å². The number of fused-ring (bicyclic) bond motifs is 1. The van der Waals surface area contributed by atoms with E-state index < -0.39 is 20.1 Å². The number of nitrogens with one attached hydrogen (secondary N) is 1. The maximum absolute atomic E-state index is 12.8. The van der Waals surface area contributed by atoms with E-state index in [-0.39, 0.29) is 5.04 Å². The summed E-state index contributed by atoms with van der Waals surface area (Å²) in [6.07, 6.45) is 6.23. The fourth-order valence-electron chi connectivity index (χ4n) is 3.78. The zero-order valence-electron chi connectivity index (χ0n) is 20.1. The molecule has 0 bridgehead atoms. The standard InChI is InChI=1S/C24H31N5O3Si/c1-24(2,3)33(5,6)32-14-8-12-29-15-17(16-9-7-11-25-21(16)29)19-20(23(31)26-22(19)30)18-10-13-28(4)27-18/h7,9-11,13,15H,8,12,14H2,1-6H3,(H,26,30,31). The van der Waals surface area contributed by atoms with Gasteiger partial charge in [-0.2, -0.15) is 5.10 Å². The van der Waals surface area contributed by atoms with Crippen molar-refractivity contribution in [3.8, 4) is 0 Å². The van der Waals surface area contributed by atoms with Gasteiger partial charge in [0.05, 0.1) is 16.8 Å². The first-order chi connectivity index (χ1) is 15.5. The molecule has 0 atom stereocenters. The Balaban J connectivity index is 1.67. The van der Waals surface area contributed by atoms with E-state index in [4.69, 9.17) is 4.43 Å². The van der Waals surface area contributed by atoms with E-state index in [0.29, 0.717) is 35.6 Å². The smallest absolute Gasteiger partial charge is 0.261 e. The topological polar surface area (TPSA) is 91.0 Å². The minimum absolute atomic E-state index is 0.165. The number of nitrogens with zero attached hydrogens (tertiary/aromatic N) is 4. The summed E-state index contributed by atoms with van der Waals surface area (Å²) in [6, 6.07) is 5.51. The Morgan fingerprint density at radius 3 is 2.52 bits per heavy atom. The fraction of sp³-hybridized carbons (Fsp3) is 0.417. The van der Waals surface area contributed by atoms with Crippen LogP contribution in [-0.4, -0.2) is 46.1 Å². The molecule has 1 aliphatic rings. The molecule has 0 spiro atoms. The number of amides is 2. The van der Waals surface area contributed by atoms with Crippen LogP contribution in [0.5, 0.6) is 0 Å². The lowest BCUT2D eigenvalue weighted by Gasteiger charge is -2.36. The Bertz CT molecular complexity index is 1260. The molecule has 174 valence electrons. The monoisotopic (exact) mass is 465 g/mol. The normalized spacial score (nSPS) is 15.1. The molecule has 0 fully saturated rings. The Morgan fingerprint density at radius 2 is 1.85 bits per heavy atom. The van der Waals surface area contributed by atoms with Gasteiger partial charge in [-0.25, -0.2) is 4.98 Å². The molecule has 0 radical (unpaired) electrons. The summed E-state index contributed by atoms with van der Waals surface area (Å²) >= 11 is 0. The third-order valence-corrected chi connectivity index (χ3v) is 11.2. The Morgan fingerprint density at radius 1 is 1.12 bits per heavy atom. The van der Waals surface area contributed by atoms with Crippen molar-refractivity contribution in [3.63, 3.8) is 0 Å².